The van der Waals surface area contributed by atoms with Crippen molar-refractivity contribution in [1.29, 1.82) is 0 Å². The summed E-state index contributed by atoms with van der Waals surface area (Å²) in [5, 5.41) is 8.78. The van der Waals surface area contributed by atoms with Crippen molar-refractivity contribution >= 4 is 35.5 Å². The van der Waals surface area contributed by atoms with Crippen molar-refractivity contribution in [3.63, 3.8) is 0 Å². The van der Waals surface area contributed by atoms with Gasteiger partial charge in [-0.2, -0.15) is 22.0 Å². The van der Waals surface area contributed by atoms with Crippen LogP contribution in [0.15, 0.2) is 90.0 Å². The molecule has 1 amide bonds. The highest BCUT2D eigenvalue weighted by Gasteiger charge is 2.13. The Morgan fingerprint density at radius 3 is 2.24 bits per heavy atom. The summed E-state index contributed by atoms with van der Waals surface area (Å²) in [6.07, 6.45) is 1.52. The zero-order valence-corrected chi connectivity index (χ0v) is 19.7. The first-order valence-corrected chi connectivity index (χ1v) is 12.0. The number of hydrazone groups is 1. The Kier molecular flexibility index (Phi) is 7.60. The fraction of sp³-hybridized carbons (Fsp3) is 0.115. The minimum Gasteiger partial charge on any atom is -0.267 e. The Labute approximate surface area is 202 Å². The second-order valence-electron chi connectivity index (χ2n) is 7.41. The van der Waals surface area contributed by atoms with Gasteiger partial charge in [0.2, 0.25) is 0 Å². The van der Waals surface area contributed by atoms with Crippen LogP contribution >= 0.6 is 23.4 Å². The molecule has 33 heavy (non-hydrogen) atoms. The molecule has 0 fully saturated rings. The van der Waals surface area contributed by atoms with Gasteiger partial charge < -0.3 is 0 Å². The second-order valence-corrected chi connectivity index (χ2v) is 8.76. The number of hydrogen-bond donors (Lipinski definition) is 1. The quantitative estimate of drug-likeness (QED) is 0.250. The van der Waals surface area contributed by atoms with E-state index in [9.17, 15) is 4.79 Å². The fourth-order valence-electron chi connectivity index (χ4n) is 3.28. The van der Waals surface area contributed by atoms with Crippen LogP contribution in [0.3, 0.4) is 0 Å². The average Bonchev–Trinajstić information content (AvgIpc) is 3.14. The Balaban J connectivity index is 1.33. The van der Waals surface area contributed by atoms with Crippen LogP contribution in [0.4, 0.5) is 0 Å². The van der Waals surface area contributed by atoms with E-state index in [1.165, 1.54) is 17.3 Å². The molecule has 0 atom stereocenters. The standard InChI is InChI=1S/C26H23ClN4OS/c1-19-24(25(27)30-31(19)23-10-6-3-7-11-23)16-28-29-26(32)22-14-12-21(13-15-22)18-33-17-20-8-4-2-5-9-20/h2-16H,17-18H2,1H3,(H,29,32)/b28-16-. The predicted octanol–water partition coefficient (Wildman–Crippen LogP) is 6.03. The lowest BCUT2D eigenvalue weighted by Crippen LogP contribution is -2.17. The number of aromatic nitrogens is 2. The highest BCUT2D eigenvalue weighted by molar-refractivity contribution is 7.97. The summed E-state index contributed by atoms with van der Waals surface area (Å²) >= 11 is 8.14. The summed E-state index contributed by atoms with van der Waals surface area (Å²) in [4.78, 5) is 12.5. The van der Waals surface area contributed by atoms with Gasteiger partial charge in [-0.25, -0.2) is 10.1 Å². The molecule has 0 bridgehead atoms. The normalized spacial score (nSPS) is 11.1. The summed E-state index contributed by atoms with van der Waals surface area (Å²) < 4.78 is 1.75. The minimum atomic E-state index is -0.279. The van der Waals surface area contributed by atoms with E-state index in [1.807, 2.05) is 79.3 Å². The van der Waals surface area contributed by atoms with Gasteiger partial charge in [-0.1, -0.05) is 72.3 Å². The molecule has 0 aliphatic heterocycles. The molecule has 0 aliphatic carbocycles. The SMILES string of the molecule is Cc1c(/C=N\NC(=O)c2ccc(CSCc3ccccc3)cc2)c(Cl)nn1-c1ccccc1. The third-order valence-corrected chi connectivity index (χ3v) is 6.43. The number of nitrogens with one attached hydrogen (secondary N) is 1. The number of carbonyl (C=O) groups excluding carboxylic acids is 1. The second kappa shape index (κ2) is 11.0. The molecule has 4 rings (SSSR count). The molecule has 0 radical (unpaired) electrons. The molecule has 1 N–H and O–H groups in total. The first kappa shape index (κ1) is 22.8. The fourth-order valence-corrected chi connectivity index (χ4v) is 4.50. The van der Waals surface area contributed by atoms with Crippen LogP contribution in [-0.2, 0) is 11.5 Å². The van der Waals surface area contributed by atoms with Crippen LogP contribution in [-0.4, -0.2) is 21.9 Å². The van der Waals surface area contributed by atoms with Crippen molar-refractivity contribution in [2.75, 3.05) is 0 Å². The molecule has 166 valence electrons. The van der Waals surface area contributed by atoms with Crippen molar-refractivity contribution in [1.82, 2.24) is 15.2 Å². The summed E-state index contributed by atoms with van der Waals surface area (Å²) in [5.74, 6) is 1.57. The monoisotopic (exact) mass is 474 g/mol. The van der Waals surface area contributed by atoms with Crippen LogP contribution in [0.25, 0.3) is 5.69 Å². The highest BCUT2D eigenvalue weighted by atomic mass is 35.5. The number of halogens is 1. The lowest BCUT2D eigenvalue weighted by molar-refractivity contribution is 0.0955. The number of carbonyl (C=O) groups is 1. The maximum atomic E-state index is 12.5. The molecular weight excluding hydrogens is 452 g/mol. The van der Waals surface area contributed by atoms with Crippen LogP contribution in [0.1, 0.15) is 32.7 Å². The van der Waals surface area contributed by atoms with Crippen LogP contribution < -0.4 is 5.43 Å². The van der Waals surface area contributed by atoms with Crippen molar-refractivity contribution < 1.29 is 4.79 Å². The maximum Gasteiger partial charge on any atom is 0.271 e. The van der Waals surface area contributed by atoms with Gasteiger partial charge in [0.15, 0.2) is 5.15 Å². The molecule has 0 saturated heterocycles. The molecule has 7 heteroatoms. The number of hydrogen-bond acceptors (Lipinski definition) is 4. The molecule has 0 spiro atoms. The molecule has 4 aromatic rings. The van der Waals surface area contributed by atoms with Gasteiger partial charge in [-0.05, 0) is 42.3 Å². The van der Waals surface area contributed by atoms with Crippen molar-refractivity contribution in [2.45, 2.75) is 18.4 Å². The Morgan fingerprint density at radius 2 is 1.58 bits per heavy atom. The third kappa shape index (κ3) is 5.92. The van der Waals surface area contributed by atoms with Crippen molar-refractivity contribution in [3.8, 4) is 5.69 Å². The number of para-hydroxylation sites is 1. The molecule has 0 unspecified atom stereocenters. The summed E-state index contributed by atoms with van der Waals surface area (Å²) in [6.45, 7) is 1.91. The van der Waals surface area contributed by atoms with Gasteiger partial charge in [0.1, 0.15) is 0 Å². The summed E-state index contributed by atoms with van der Waals surface area (Å²) in [7, 11) is 0. The smallest absolute Gasteiger partial charge is 0.267 e. The Bertz CT molecular complexity index is 1240. The van der Waals surface area contributed by atoms with Gasteiger partial charge in [0.25, 0.3) is 5.91 Å². The lowest BCUT2D eigenvalue weighted by Gasteiger charge is -2.04. The van der Waals surface area contributed by atoms with E-state index in [0.29, 0.717) is 16.3 Å². The van der Waals surface area contributed by atoms with Crippen molar-refractivity contribution in [3.05, 3.63) is 118 Å². The first-order chi connectivity index (χ1) is 16.1. The van der Waals surface area contributed by atoms with Crippen molar-refractivity contribution in [2.24, 2.45) is 5.10 Å². The highest BCUT2D eigenvalue weighted by Crippen LogP contribution is 2.21. The zero-order valence-electron chi connectivity index (χ0n) is 18.1. The van der Waals surface area contributed by atoms with E-state index >= 15 is 0 Å². The topological polar surface area (TPSA) is 59.3 Å². The molecule has 1 heterocycles. The van der Waals surface area contributed by atoms with Crippen LogP contribution in [0.5, 0.6) is 0 Å². The maximum absolute atomic E-state index is 12.5. The van der Waals surface area contributed by atoms with Gasteiger partial charge in [-0.15, -0.1) is 0 Å². The molecule has 0 aliphatic rings. The molecular formula is C26H23ClN4OS. The number of nitrogens with zero attached hydrogens (tertiary/aromatic N) is 3. The number of thioether (sulfide) groups is 1. The van der Waals surface area contributed by atoms with Gasteiger partial charge >= 0.3 is 0 Å². The number of amides is 1. The third-order valence-electron chi connectivity index (χ3n) is 5.07. The van der Waals surface area contributed by atoms with Crippen LogP contribution in [0.2, 0.25) is 5.15 Å². The Hall–Kier alpha value is -3.35. The largest absolute Gasteiger partial charge is 0.271 e. The summed E-state index contributed by atoms with van der Waals surface area (Å²) in [6, 6.07) is 27.7. The van der Waals surface area contributed by atoms with Gasteiger partial charge in [-0.3, -0.25) is 4.79 Å². The minimum absolute atomic E-state index is 0.279. The molecule has 0 saturated carbocycles. The zero-order chi connectivity index (χ0) is 23.0. The van der Waals surface area contributed by atoms with Crippen LogP contribution in [0, 0.1) is 6.92 Å². The Morgan fingerprint density at radius 1 is 0.970 bits per heavy atom. The van der Waals surface area contributed by atoms with E-state index in [4.69, 9.17) is 11.6 Å². The van der Waals surface area contributed by atoms with Gasteiger partial charge in [0.05, 0.1) is 23.2 Å². The van der Waals surface area contributed by atoms with Gasteiger partial charge in [0, 0.05) is 17.1 Å². The van der Waals surface area contributed by atoms with E-state index in [1.54, 1.807) is 4.68 Å². The average molecular weight is 475 g/mol. The predicted molar refractivity (Wildman–Crippen MR) is 136 cm³/mol. The number of rotatable bonds is 8. The van der Waals surface area contributed by atoms with E-state index < -0.39 is 0 Å². The van der Waals surface area contributed by atoms with E-state index in [2.05, 4.69) is 39.9 Å². The molecule has 5 nitrogen and oxygen atoms in total. The first-order valence-electron chi connectivity index (χ1n) is 10.5. The number of benzene rings is 3. The lowest BCUT2D eigenvalue weighted by atomic mass is 10.1. The molecule has 3 aromatic carbocycles. The van der Waals surface area contributed by atoms with E-state index in [-0.39, 0.29) is 5.91 Å². The molecule has 1 aromatic heterocycles. The van der Waals surface area contributed by atoms with E-state index in [0.717, 1.165) is 22.9 Å². The summed E-state index contributed by atoms with van der Waals surface area (Å²) in [5.41, 5.74) is 7.99.